The maximum atomic E-state index is 12.0. The predicted molar refractivity (Wildman–Crippen MR) is 86.8 cm³/mol. The zero-order valence-electron chi connectivity index (χ0n) is 13.8. The molecule has 1 aromatic carbocycles. The molecule has 0 aliphatic carbocycles. The van der Waals surface area contributed by atoms with Crippen molar-refractivity contribution in [2.24, 2.45) is 0 Å². The molecule has 4 nitrogen and oxygen atoms in total. The van der Waals surface area contributed by atoms with Gasteiger partial charge in [-0.25, -0.2) is 0 Å². The third kappa shape index (κ3) is 6.17. The van der Waals surface area contributed by atoms with E-state index in [9.17, 15) is 4.79 Å². The zero-order valence-corrected chi connectivity index (χ0v) is 13.8. The molecule has 0 fully saturated rings. The van der Waals surface area contributed by atoms with Crippen molar-refractivity contribution in [3.05, 3.63) is 29.8 Å². The molecule has 0 spiro atoms. The van der Waals surface area contributed by atoms with E-state index >= 15 is 0 Å². The lowest BCUT2D eigenvalue weighted by Crippen LogP contribution is -2.37. The van der Waals surface area contributed by atoms with E-state index in [4.69, 9.17) is 4.74 Å². The largest absolute Gasteiger partial charge is 0.481 e. The van der Waals surface area contributed by atoms with Gasteiger partial charge in [-0.1, -0.05) is 32.0 Å². The van der Waals surface area contributed by atoms with Crippen molar-refractivity contribution in [1.29, 1.82) is 0 Å². The van der Waals surface area contributed by atoms with Crippen LogP contribution in [0.3, 0.4) is 0 Å². The molecule has 1 rings (SSSR count). The molecule has 0 aromatic heterocycles. The maximum Gasteiger partial charge on any atom is 0.260 e. The summed E-state index contributed by atoms with van der Waals surface area (Å²) in [5, 5.41) is 2.92. The van der Waals surface area contributed by atoms with Gasteiger partial charge in [0.15, 0.2) is 6.10 Å². The molecule has 1 aromatic rings. The Morgan fingerprint density at radius 3 is 2.52 bits per heavy atom. The fourth-order valence-corrected chi connectivity index (χ4v) is 2.06. The summed E-state index contributed by atoms with van der Waals surface area (Å²) >= 11 is 0. The molecule has 21 heavy (non-hydrogen) atoms. The van der Waals surface area contributed by atoms with Crippen LogP contribution in [0.1, 0.15) is 38.7 Å². The third-order valence-corrected chi connectivity index (χ3v) is 3.30. The third-order valence-electron chi connectivity index (χ3n) is 3.30. The number of hydrogen-bond acceptors (Lipinski definition) is 3. The smallest absolute Gasteiger partial charge is 0.260 e. The highest BCUT2D eigenvalue weighted by Crippen LogP contribution is 2.26. The van der Waals surface area contributed by atoms with Gasteiger partial charge < -0.3 is 15.0 Å². The predicted octanol–water partition coefficient (Wildman–Crippen LogP) is 2.65. The maximum absolute atomic E-state index is 12.0. The Labute approximate surface area is 128 Å². The molecule has 0 aliphatic heterocycles. The first-order valence-corrected chi connectivity index (χ1v) is 7.59. The van der Waals surface area contributed by atoms with Crippen LogP contribution in [0.2, 0.25) is 0 Å². The monoisotopic (exact) mass is 292 g/mol. The Kier molecular flexibility index (Phi) is 7.23. The highest BCUT2D eigenvalue weighted by molar-refractivity contribution is 5.80. The molecule has 1 N–H and O–H groups in total. The molecule has 1 atom stereocenters. The van der Waals surface area contributed by atoms with Gasteiger partial charge >= 0.3 is 0 Å². The van der Waals surface area contributed by atoms with Crippen LogP contribution in [0.25, 0.3) is 0 Å². The molecular formula is C17H28N2O2. The second-order valence-electron chi connectivity index (χ2n) is 5.90. The number of hydrogen-bond donors (Lipinski definition) is 1. The van der Waals surface area contributed by atoms with Crippen LogP contribution in [0.5, 0.6) is 5.75 Å². The van der Waals surface area contributed by atoms with Crippen molar-refractivity contribution in [2.45, 2.75) is 39.2 Å². The first-order valence-electron chi connectivity index (χ1n) is 7.59. The summed E-state index contributed by atoms with van der Waals surface area (Å²) in [7, 11) is 4.05. The van der Waals surface area contributed by atoms with E-state index in [2.05, 4.69) is 24.1 Å². The summed E-state index contributed by atoms with van der Waals surface area (Å²) < 4.78 is 5.82. The number of ether oxygens (including phenoxy) is 1. The van der Waals surface area contributed by atoms with Gasteiger partial charge in [-0.2, -0.15) is 0 Å². The fourth-order valence-electron chi connectivity index (χ4n) is 2.06. The molecule has 0 radical (unpaired) electrons. The number of amides is 1. The van der Waals surface area contributed by atoms with Crippen molar-refractivity contribution < 1.29 is 9.53 Å². The quantitative estimate of drug-likeness (QED) is 0.749. The van der Waals surface area contributed by atoms with Crippen LogP contribution >= 0.6 is 0 Å². The zero-order chi connectivity index (χ0) is 15.8. The average molecular weight is 292 g/mol. The SMILES string of the molecule is CC(C)c1ccccc1O[C@@H](C)C(=O)NCCCN(C)C. The molecule has 1 amide bonds. The van der Waals surface area contributed by atoms with E-state index in [1.54, 1.807) is 6.92 Å². The van der Waals surface area contributed by atoms with Gasteiger partial charge in [-0.05, 0) is 51.5 Å². The van der Waals surface area contributed by atoms with E-state index in [0.29, 0.717) is 12.5 Å². The lowest BCUT2D eigenvalue weighted by Gasteiger charge is -2.19. The lowest BCUT2D eigenvalue weighted by atomic mass is 10.0. The molecule has 0 unspecified atom stereocenters. The summed E-state index contributed by atoms with van der Waals surface area (Å²) in [5.41, 5.74) is 1.13. The highest BCUT2D eigenvalue weighted by atomic mass is 16.5. The topological polar surface area (TPSA) is 41.6 Å². The van der Waals surface area contributed by atoms with Gasteiger partial charge in [0.25, 0.3) is 5.91 Å². The van der Waals surface area contributed by atoms with Crippen LogP contribution in [-0.4, -0.2) is 44.1 Å². The standard InChI is InChI=1S/C17H28N2O2/c1-13(2)15-9-6-7-10-16(15)21-14(3)17(20)18-11-8-12-19(4)5/h6-7,9-10,13-14H,8,11-12H2,1-5H3,(H,18,20)/t14-/m0/s1. The number of nitrogens with zero attached hydrogens (tertiary/aromatic N) is 1. The van der Waals surface area contributed by atoms with E-state index in [1.165, 1.54) is 0 Å². The van der Waals surface area contributed by atoms with Gasteiger partial charge in [0.2, 0.25) is 0 Å². The first kappa shape index (κ1) is 17.5. The molecule has 0 saturated carbocycles. The van der Waals surface area contributed by atoms with Crippen LogP contribution in [0, 0.1) is 0 Å². The van der Waals surface area contributed by atoms with E-state index in [0.717, 1.165) is 24.3 Å². The Balaban J connectivity index is 2.49. The number of benzene rings is 1. The van der Waals surface area contributed by atoms with E-state index < -0.39 is 6.10 Å². The van der Waals surface area contributed by atoms with Crippen molar-refractivity contribution >= 4 is 5.91 Å². The van der Waals surface area contributed by atoms with Gasteiger partial charge in [0.1, 0.15) is 5.75 Å². The number of carbonyl (C=O) groups is 1. The average Bonchev–Trinajstić information content (AvgIpc) is 2.43. The summed E-state index contributed by atoms with van der Waals surface area (Å²) in [6.07, 6.45) is 0.456. The molecule has 0 saturated heterocycles. The number of nitrogens with one attached hydrogen (secondary N) is 1. The Morgan fingerprint density at radius 2 is 1.90 bits per heavy atom. The molecule has 118 valence electrons. The lowest BCUT2D eigenvalue weighted by molar-refractivity contribution is -0.127. The van der Waals surface area contributed by atoms with Crippen molar-refractivity contribution in [3.8, 4) is 5.75 Å². The summed E-state index contributed by atoms with van der Waals surface area (Å²) in [5.74, 6) is 1.10. The molecule has 0 bridgehead atoms. The summed E-state index contributed by atoms with van der Waals surface area (Å²) in [4.78, 5) is 14.1. The number of rotatable bonds is 8. The van der Waals surface area contributed by atoms with Gasteiger partial charge in [0, 0.05) is 6.54 Å². The Morgan fingerprint density at radius 1 is 1.24 bits per heavy atom. The van der Waals surface area contributed by atoms with Gasteiger partial charge in [-0.3, -0.25) is 4.79 Å². The Hall–Kier alpha value is -1.55. The Bertz CT molecular complexity index is 444. The fraction of sp³-hybridized carbons (Fsp3) is 0.588. The van der Waals surface area contributed by atoms with E-state index in [1.807, 2.05) is 38.4 Å². The van der Waals surface area contributed by atoms with Gasteiger partial charge in [-0.15, -0.1) is 0 Å². The van der Waals surface area contributed by atoms with Crippen molar-refractivity contribution in [2.75, 3.05) is 27.2 Å². The van der Waals surface area contributed by atoms with Crippen molar-refractivity contribution in [3.63, 3.8) is 0 Å². The van der Waals surface area contributed by atoms with E-state index in [-0.39, 0.29) is 5.91 Å². The first-order chi connectivity index (χ1) is 9.91. The van der Waals surface area contributed by atoms with Crippen LogP contribution in [0.15, 0.2) is 24.3 Å². The number of carbonyl (C=O) groups excluding carboxylic acids is 1. The van der Waals surface area contributed by atoms with Crippen LogP contribution < -0.4 is 10.1 Å². The molecule has 4 heteroatoms. The highest BCUT2D eigenvalue weighted by Gasteiger charge is 2.16. The summed E-state index contributed by atoms with van der Waals surface area (Å²) in [6.45, 7) is 7.67. The second kappa shape index (κ2) is 8.67. The van der Waals surface area contributed by atoms with Crippen molar-refractivity contribution in [1.82, 2.24) is 10.2 Å². The second-order valence-corrected chi connectivity index (χ2v) is 5.90. The van der Waals surface area contributed by atoms with Gasteiger partial charge in [0.05, 0.1) is 0 Å². The minimum Gasteiger partial charge on any atom is -0.481 e. The van der Waals surface area contributed by atoms with Crippen LogP contribution in [0.4, 0.5) is 0 Å². The minimum atomic E-state index is -0.482. The molecule has 0 heterocycles. The molecule has 0 aliphatic rings. The normalized spacial score (nSPS) is 12.5. The van der Waals surface area contributed by atoms with Crippen LogP contribution in [-0.2, 0) is 4.79 Å². The minimum absolute atomic E-state index is 0.0627. The summed E-state index contributed by atoms with van der Waals surface area (Å²) in [6, 6.07) is 7.89. The molecular weight excluding hydrogens is 264 g/mol. The number of para-hydroxylation sites is 1.